The number of aromatic amines is 1. The summed E-state index contributed by atoms with van der Waals surface area (Å²) in [5.74, 6) is -0.811. The molecule has 1 aromatic carbocycles. The smallest absolute Gasteiger partial charge is 0.329 e. The van der Waals surface area contributed by atoms with E-state index in [4.69, 9.17) is 5.11 Å². The number of carbonyl (C=O) groups is 1. The topological polar surface area (TPSA) is 92.2 Å². The lowest BCUT2D eigenvalue weighted by atomic mass is 10.1. The van der Waals surface area contributed by atoms with Crippen LogP contribution in [0.3, 0.4) is 0 Å². The molecule has 0 radical (unpaired) electrons. The van der Waals surface area contributed by atoms with Crippen LogP contribution in [0, 0.1) is 0 Å². The Hall–Kier alpha value is -2.15. The fourth-order valence-corrected chi connectivity index (χ4v) is 2.71. The number of aryl methyl sites for hydroxylation is 1. The summed E-state index contributed by atoms with van der Waals surface area (Å²) in [5.41, 5.74) is 0.914. The number of aliphatic carboxylic acids is 1. The number of carboxylic acid groups (broad SMARTS) is 1. The second-order valence-electron chi connectivity index (χ2n) is 4.85. The largest absolute Gasteiger partial charge is 0.481 e. The highest BCUT2D eigenvalue weighted by atomic mass is 79.9. The maximum atomic E-state index is 11.8. The van der Waals surface area contributed by atoms with Gasteiger partial charge in [-0.15, -0.1) is 0 Å². The molecule has 116 valence electrons. The van der Waals surface area contributed by atoms with Crippen LogP contribution < -0.4 is 11.2 Å². The minimum Gasteiger partial charge on any atom is -0.481 e. The lowest BCUT2D eigenvalue weighted by Crippen LogP contribution is -2.30. The highest BCUT2D eigenvalue weighted by Gasteiger charge is 2.12. The zero-order valence-corrected chi connectivity index (χ0v) is 13.2. The number of H-pyrrole nitrogens is 1. The van der Waals surface area contributed by atoms with E-state index in [9.17, 15) is 14.4 Å². The molecule has 0 aliphatic rings. The van der Waals surface area contributed by atoms with Gasteiger partial charge in [-0.3, -0.25) is 19.1 Å². The molecule has 0 spiro atoms. The van der Waals surface area contributed by atoms with Crippen molar-refractivity contribution in [3.05, 3.63) is 68.5 Å². The van der Waals surface area contributed by atoms with Gasteiger partial charge in [0.15, 0.2) is 0 Å². The summed E-state index contributed by atoms with van der Waals surface area (Å²) >= 11 is 3.44. The van der Waals surface area contributed by atoms with E-state index in [0.29, 0.717) is 12.8 Å². The van der Waals surface area contributed by atoms with Crippen LogP contribution in [-0.4, -0.2) is 20.6 Å². The lowest BCUT2D eigenvalue weighted by molar-refractivity contribution is -0.137. The molecular weight excluding hydrogens is 352 g/mol. The minimum atomic E-state index is -0.811. The highest BCUT2D eigenvalue weighted by Crippen LogP contribution is 2.24. The number of nitrogens with one attached hydrogen (secondary N) is 1. The maximum Gasteiger partial charge on any atom is 0.329 e. The van der Waals surface area contributed by atoms with E-state index in [1.165, 1.54) is 16.8 Å². The van der Waals surface area contributed by atoms with Crippen LogP contribution in [0.25, 0.3) is 0 Å². The van der Waals surface area contributed by atoms with E-state index in [1.54, 1.807) is 0 Å². The fourth-order valence-electron chi connectivity index (χ4n) is 2.11. The van der Waals surface area contributed by atoms with Gasteiger partial charge in [0.1, 0.15) is 4.95 Å². The van der Waals surface area contributed by atoms with E-state index in [-0.39, 0.29) is 6.42 Å². The van der Waals surface area contributed by atoms with Gasteiger partial charge in [-0.2, -0.15) is 0 Å². The standard InChI is InChI=1S/C15H15BrN2O4/c16-14(18-8-7-12(19)17-15(18)22)11-5-1-3-10(9-11)4-2-6-13(20)21/h1,3,5,7-9,14H,2,4,6H2,(H,20,21)(H,17,19,22). The van der Waals surface area contributed by atoms with Crippen molar-refractivity contribution < 1.29 is 9.90 Å². The Balaban J connectivity index is 2.19. The monoisotopic (exact) mass is 366 g/mol. The Morgan fingerprint density at radius 3 is 2.77 bits per heavy atom. The molecule has 2 N–H and O–H groups in total. The summed E-state index contributed by atoms with van der Waals surface area (Å²) in [5, 5.41) is 8.66. The Kier molecular flexibility index (Phi) is 5.32. The summed E-state index contributed by atoms with van der Waals surface area (Å²) in [6, 6.07) is 8.83. The SMILES string of the molecule is O=C(O)CCCc1cccc(C(Br)n2ccc(=O)[nH]c2=O)c1. The summed E-state index contributed by atoms with van der Waals surface area (Å²) < 4.78 is 1.37. The van der Waals surface area contributed by atoms with Gasteiger partial charge in [0, 0.05) is 18.7 Å². The van der Waals surface area contributed by atoms with Crippen molar-refractivity contribution in [1.82, 2.24) is 9.55 Å². The van der Waals surface area contributed by atoms with Gasteiger partial charge in [-0.1, -0.05) is 40.2 Å². The van der Waals surface area contributed by atoms with Gasteiger partial charge in [0.2, 0.25) is 0 Å². The molecule has 7 heteroatoms. The first-order valence-corrected chi connectivity index (χ1v) is 7.65. The number of nitrogens with zero attached hydrogens (tertiary/aromatic N) is 1. The van der Waals surface area contributed by atoms with Gasteiger partial charge in [-0.25, -0.2) is 4.79 Å². The van der Waals surface area contributed by atoms with Crippen LogP contribution in [0.1, 0.15) is 28.9 Å². The molecule has 0 fully saturated rings. The maximum absolute atomic E-state index is 11.8. The number of carboxylic acids is 1. The van der Waals surface area contributed by atoms with Gasteiger partial charge in [-0.05, 0) is 24.0 Å². The molecule has 22 heavy (non-hydrogen) atoms. The highest BCUT2D eigenvalue weighted by molar-refractivity contribution is 9.09. The predicted molar refractivity (Wildman–Crippen MR) is 85.4 cm³/mol. The van der Waals surface area contributed by atoms with E-state index >= 15 is 0 Å². The average Bonchev–Trinajstić information content (AvgIpc) is 2.46. The van der Waals surface area contributed by atoms with Gasteiger partial charge in [0.05, 0.1) is 0 Å². The first-order valence-electron chi connectivity index (χ1n) is 6.73. The molecule has 0 aliphatic heterocycles. The first-order chi connectivity index (χ1) is 10.5. The zero-order valence-electron chi connectivity index (χ0n) is 11.7. The van der Waals surface area contributed by atoms with Crippen molar-refractivity contribution in [2.45, 2.75) is 24.2 Å². The third kappa shape index (κ3) is 4.17. The fraction of sp³-hybridized carbons (Fsp3) is 0.267. The molecule has 0 saturated heterocycles. The number of aromatic nitrogens is 2. The van der Waals surface area contributed by atoms with Crippen molar-refractivity contribution in [3.63, 3.8) is 0 Å². The molecule has 2 aromatic rings. The number of alkyl halides is 1. The Bertz CT molecular complexity index is 781. The Labute approximate surface area is 134 Å². The van der Waals surface area contributed by atoms with Crippen molar-refractivity contribution in [1.29, 1.82) is 0 Å². The van der Waals surface area contributed by atoms with Gasteiger partial charge in [0.25, 0.3) is 5.56 Å². The van der Waals surface area contributed by atoms with Crippen LogP contribution >= 0.6 is 15.9 Å². The van der Waals surface area contributed by atoms with E-state index in [1.807, 2.05) is 24.3 Å². The molecule has 1 aromatic heterocycles. The van der Waals surface area contributed by atoms with Crippen LogP contribution in [0.5, 0.6) is 0 Å². The summed E-state index contributed by atoms with van der Waals surface area (Å²) in [7, 11) is 0. The molecule has 0 aliphatic carbocycles. The first kappa shape index (κ1) is 16.2. The normalized spacial score (nSPS) is 12.0. The molecule has 0 bridgehead atoms. The summed E-state index contributed by atoms with van der Waals surface area (Å²) in [6.45, 7) is 0. The number of hydrogen-bond donors (Lipinski definition) is 2. The van der Waals surface area contributed by atoms with Crippen molar-refractivity contribution in [2.75, 3.05) is 0 Å². The lowest BCUT2D eigenvalue weighted by Gasteiger charge is -2.14. The van der Waals surface area contributed by atoms with Crippen LogP contribution in [-0.2, 0) is 11.2 Å². The van der Waals surface area contributed by atoms with Crippen LogP contribution in [0.4, 0.5) is 0 Å². The van der Waals surface area contributed by atoms with Gasteiger partial charge >= 0.3 is 11.7 Å². The predicted octanol–water partition coefficient (Wildman–Crippen LogP) is 1.89. The molecular formula is C15H15BrN2O4. The van der Waals surface area contributed by atoms with Gasteiger partial charge < -0.3 is 5.11 Å². The van der Waals surface area contributed by atoms with Crippen LogP contribution in [0.2, 0.25) is 0 Å². The van der Waals surface area contributed by atoms with E-state index in [0.717, 1.165) is 11.1 Å². The number of rotatable bonds is 6. The molecule has 1 unspecified atom stereocenters. The third-order valence-electron chi connectivity index (χ3n) is 3.18. The van der Waals surface area contributed by atoms with Crippen molar-refractivity contribution in [3.8, 4) is 0 Å². The van der Waals surface area contributed by atoms with E-state index < -0.39 is 22.2 Å². The molecule has 1 atom stereocenters. The molecule has 0 amide bonds. The number of hydrogen-bond acceptors (Lipinski definition) is 3. The third-order valence-corrected chi connectivity index (χ3v) is 4.15. The Morgan fingerprint density at radius 1 is 1.32 bits per heavy atom. The number of benzene rings is 1. The molecule has 0 saturated carbocycles. The number of halogens is 1. The Morgan fingerprint density at radius 2 is 2.09 bits per heavy atom. The molecule has 2 rings (SSSR count). The quantitative estimate of drug-likeness (QED) is 0.763. The van der Waals surface area contributed by atoms with E-state index in [2.05, 4.69) is 20.9 Å². The average molecular weight is 367 g/mol. The second kappa shape index (κ2) is 7.22. The second-order valence-corrected chi connectivity index (χ2v) is 5.71. The van der Waals surface area contributed by atoms with Crippen molar-refractivity contribution >= 4 is 21.9 Å². The van der Waals surface area contributed by atoms with Crippen molar-refractivity contribution in [2.24, 2.45) is 0 Å². The molecule has 1 heterocycles. The minimum absolute atomic E-state index is 0.126. The zero-order chi connectivity index (χ0) is 16.1. The summed E-state index contributed by atoms with van der Waals surface area (Å²) in [6.07, 6.45) is 2.77. The molecule has 6 nitrogen and oxygen atoms in total. The van der Waals surface area contributed by atoms with Crippen LogP contribution in [0.15, 0.2) is 46.1 Å². The summed E-state index contributed by atoms with van der Waals surface area (Å²) in [4.78, 5) is 35.2.